The highest BCUT2D eigenvalue weighted by atomic mass is 32.2. The summed E-state index contributed by atoms with van der Waals surface area (Å²) in [4.78, 5) is 46.0. The molecule has 2 heterocycles. The average Bonchev–Trinajstić information content (AvgIpc) is 4.01. The topological polar surface area (TPSA) is 153 Å². The SMILES string of the molecule is COc1ccc2c(O[C@H]3C[C@H]4C(=O)NCCCCC=C[C@@H]5C[C@@]5(C(=O)NS(=O)(=O)C5CC5)NC(=O)[C@@H]4C3)cc(-c3ccccc3)nc2c1. The van der Waals surface area contributed by atoms with Crippen molar-refractivity contribution in [3.8, 4) is 22.8 Å². The highest BCUT2D eigenvalue weighted by molar-refractivity contribution is 7.91. The first-order valence-corrected chi connectivity index (χ1v) is 18.2. The van der Waals surface area contributed by atoms with Crippen LogP contribution < -0.4 is 24.8 Å². The molecule has 2 aromatic carbocycles. The molecule has 7 rings (SSSR count). The van der Waals surface area contributed by atoms with E-state index in [0.717, 1.165) is 30.2 Å². The second-order valence-electron chi connectivity index (χ2n) is 13.3. The van der Waals surface area contributed by atoms with E-state index in [1.165, 1.54) is 0 Å². The third-order valence-electron chi connectivity index (χ3n) is 9.96. The number of carbonyl (C=O) groups excluding carboxylic acids is 3. The molecule has 0 unspecified atom stereocenters. The number of methoxy groups -OCH3 is 1. The maximum atomic E-state index is 14.1. The lowest BCUT2D eigenvalue weighted by atomic mass is 9.93. The van der Waals surface area contributed by atoms with Crippen molar-refractivity contribution in [2.45, 2.75) is 68.3 Å². The number of allylic oxidation sites excluding steroid dienone is 1. The fourth-order valence-corrected chi connectivity index (χ4v) is 8.33. The molecule has 0 bridgehead atoms. The molecule has 3 N–H and O–H groups in total. The van der Waals surface area contributed by atoms with Crippen LogP contribution in [-0.4, -0.2) is 61.7 Å². The molecule has 3 aromatic rings. The van der Waals surface area contributed by atoms with Crippen LogP contribution in [0.3, 0.4) is 0 Å². The molecular weight excluding hydrogens is 632 g/mol. The molecule has 3 amide bonds. The summed E-state index contributed by atoms with van der Waals surface area (Å²) in [5, 5.41) is 6.13. The first-order chi connectivity index (χ1) is 23.2. The van der Waals surface area contributed by atoms with Gasteiger partial charge >= 0.3 is 0 Å². The first-order valence-electron chi connectivity index (χ1n) is 16.7. The molecule has 1 aliphatic heterocycles. The van der Waals surface area contributed by atoms with Crippen molar-refractivity contribution in [3.05, 3.63) is 66.7 Å². The van der Waals surface area contributed by atoms with Gasteiger partial charge in [-0.25, -0.2) is 13.4 Å². The number of benzene rings is 2. The first kappa shape index (κ1) is 32.1. The van der Waals surface area contributed by atoms with Gasteiger partial charge in [-0.05, 0) is 63.5 Å². The number of aromatic nitrogens is 1. The Kier molecular flexibility index (Phi) is 8.61. The third-order valence-corrected chi connectivity index (χ3v) is 11.8. The molecule has 0 spiro atoms. The Morgan fingerprint density at radius 1 is 1.00 bits per heavy atom. The smallest absolute Gasteiger partial charge is 0.259 e. The fourth-order valence-electron chi connectivity index (χ4n) is 6.97. The van der Waals surface area contributed by atoms with E-state index in [4.69, 9.17) is 14.5 Å². The van der Waals surface area contributed by atoms with Crippen molar-refractivity contribution in [3.63, 3.8) is 0 Å². The van der Waals surface area contributed by atoms with Crippen LogP contribution in [0.1, 0.15) is 51.4 Å². The lowest BCUT2D eigenvalue weighted by Gasteiger charge is -2.23. The lowest BCUT2D eigenvalue weighted by Crippen LogP contribution is -2.54. The van der Waals surface area contributed by atoms with Gasteiger partial charge < -0.3 is 20.1 Å². The number of sulfonamides is 1. The predicted molar refractivity (Wildman–Crippen MR) is 179 cm³/mol. The minimum absolute atomic E-state index is 0.231. The molecule has 252 valence electrons. The molecule has 3 aliphatic carbocycles. The highest BCUT2D eigenvalue weighted by Gasteiger charge is 2.62. The normalized spacial score (nSPS) is 27.5. The number of carbonyl (C=O) groups is 3. The van der Waals surface area contributed by atoms with Gasteiger partial charge in [0, 0.05) is 35.5 Å². The Morgan fingerprint density at radius 2 is 1.77 bits per heavy atom. The molecule has 12 heteroatoms. The molecule has 0 radical (unpaired) electrons. The van der Waals surface area contributed by atoms with Crippen LogP contribution >= 0.6 is 0 Å². The molecule has 48 heavy (non-hydrogen) atoms. The molecule has 3 fully saturated rings. The summed E-state index contributed by atoms with van der Waals surface area (Å²) in [6.07, 6.45) is 7.59. The Morgan fingerprint density at radius 3 is 2.52 bits per heavy atom. The highest BCUT2D eigenvalue weighted by Crippen LogP contribution is 2.47. The predicted octanol–water partition coefficient (Wildman–Crippen LogP) is 4.02. The molecule has 1 aromatic heterocycles. The second kappa shape index (κ2) is 12.9. The van der Waals surface area contributed by atoms with Gasteiger partial charge in [0.2, 0.25) is 21.8 Å². The van der Waals surface area contributed by atoms with Gasteiger partial charge in [-0.15, -0.1) is 0 Å². The number of amides is 3. The van der Waals surface area contributed by atoms with Crippen molar-refractivity contribution >= 4 is 38.6 Å². The summed E-state index contributed by atoms with van der Waals surface area (Å²) >= 11 is 0. The quantitative estimate of drug-likeness (QED) is 0.318. The monoisotopic (exact) mass is 672 g/mol. The molecule has 11 nitrogen and oxygen atoms in total. The zero-order valence-corrected chi connectivity index (χ0v) is 27.6. The van der Waals surface area contributed by atoms with Crippen LogP contribution in [0.5, 0.6) is 11.5 Å². The number of rotatable bonds is 7. The van der Waals surface area contributed by atoms with Crippen LogP contribution in [0.4, 0.5) is 0 Å². The van der Waals surface area contributed by atoms with Crippen LogP contribution in [0.25, 0.3) is 22.2 Å². The third kappa shape index (κ3) is 6.50. The van der Waals surface area contributed by atoms with Crippen molar-refractivity contribution in [2.75, 3.05) is 13.7 Å². The van der Waals surface area contributed by atoms with Crippen molar-refractivity contribution in [1.82, 2.24) is 20.3 Å². The van der Waals surface area contributed by atoms with Gasteiger partial charge in [0.15, 0.2) is 0 Å². The van der Waals surface area contributed by atoms with E-state index >= 15 is 0 Å². The Labute approximate surface area is 279 Å². The van der Waals surface area contributed by atoms with Gasteiger partial charge in [0.25, 0.3) is 5.91 Å². The number of fused-ring (bicyclic) bond motifs is 3. The Balaban J connectivity index is 1.18. The van der Waals surface area contributed by atoms with Crippen molar-refractivity contribution in [2.24, 2.45) is 17.8 Å². The molecule has 3 saturated carbocycles. The van der Waals surface area contributed by atoms with E-state index < -0.39 is 50.6 Å². The van der Waals surface area contributed by atoms with Crippen LogP contribution in [0.15, 0.2) is 66.7 Å². The number of hydrogen-bond acceptors (Lipinski definition) is 8. The molecule has 4 aliphatic rings. The summed E-state index contributed by atoms with van der Waals surface area (Å²) in [6.45, 7) is 0.495. The minimum atomic E-state index is -3.81. The zero-order chi connectivity index (χ0) is 33.5. The Bertz CT molecular complexity index is 1880. The number of ether oxygens (including phenoxy) is 2. The average molecular weight is 673 g/mol. The van der Waals surface area contributed by atoms with Gasteiger partial charge in [-0.3, -0.25) is 19.1 Å². The summed E-state index contributed by atoms with van der Waals surface area (Å²) in [5.74, 6) is -1.99. The maximum Gasteiger partial charge on any atom is 0.259 e. The van der Waals surface area contributed by atoms with Gasteiger partial charge in [-0.2, -0.15) is 0 Å². The summed E-state index contributed by atoms with van der Waals surface area (Å²) in [6, 6.07) is 17.2. The number of nitrogens with zero attached hydrogens (tertiary/aromatic N) is 1. The van der Waals surface area contributed by atoms with Crippen LogP contribution in [0, 0.1) is 17.8 Å². The van der Waals surface area contributed by atoms with Gasteiger partial charge in [-0.1, -0.05) is 42.5 Å². The zero-order valence-electron chi connectivity index (χ0n) is 26.8. The molecular formula is C36H40N4O7S. The standard InChI is InChI=1S/C36H40N4O7S/c1-46-24-12-15-27-31(19-24)38-30(22-9-5-4-6-10-22)20-32(27)47-25-17-28-29(18-25)34(42)39-36(35(43)40-48(44,45)26-13-14-26)21-23(36)11-7-2-3-8-16-37-33(28)41/h4-7,9-12,15,19-20,23,25-26,28-29H,2-3,8,13-14,16-18,21H2,1H3,(H,37,41)(H,39,42)(H,40,43)/t23-,25+,28-,29-,36-/m1/s1. The maximum absolute atomic E-state index is 14.1. The fraction of sp³-hybridized carbons (Fsp3) is 0.444. The van der Waals surface area contributed by atoms with Crippen LogP contribution in [-0.2, 0) is 24.4 Å². The number of pyridine rings is 1. The van der Waals surface area contributed by atoms with Crippen molar-refractivity contribution in [1.29, 1.82) is 0 Å². The van der Waals surface area contributed by atoms with E-state index in [1.807, 2.05) is 66.7 Å². The summed E-state index contributed by atoms with van der Waals surface area (Å²) in [5.41, 5.74) is 0.913. The van der Waals surface area contributed by atoms with E-state index in [-0.39, 0.29) is 18.2 Å². The largest absolute Gasteiger partial charge is 0.497 e. The van der Waals surface area contributed by atoms with Gasteiger partial charge in [0.1, 0.15) is 23.1 Å². The van der Waals surface area contributed by atoms with Crippen molar-refractivity contribution < 1.29 is 32.3 Å². The summed E-state index contributed by atoms with van der Waals surface area (Å²) < 4.78 is 39.7. The molecule has 0 saturated heterocycles. The number of hydrogen-bond donors (Lipinski definition) is 3. The lowest BCUT2D eigenvalue weighted by molar-refractivity contribution is -0.136. The van der Waals surface area contributed by atoms with E-state index in [9.17, 15) is 22.8 Å². The minimum Gasteiger partial charge on any atom is -0.497 e. The van der Waals surface area contributed by atoms with E-state index in [1.54, 1.807) is 7.11 Å². The van der Waals surface area contributed by atoms with Crippen LogP contribution in [0.2, 0.25) is 0 Å². The Hall–Kier alpha value is -4.45. The number of nitrogens with one attached hydrogen (secondary N) is 3. The summed E-state index contributed by atoms with van der Waals surface area (Å²) in [7, 11) is -2.22. The van der Waals surface area contributed by atoms with Gasteiger partial charge in [0.05, 0.1) is 35.4 Å². The molecule has 5 atom stereocenters. The van der Waals surface area contributed by atoms with E-state index in [2.05, 4.69) is 15.4 Å². The second-order valence-corrected chi connectivity index (χ2v) is 15.3. The van der Waals surface area contributed by atoms with E-state index in [0.29, 0.717) is 54.9 Å².